The maximum Gasteiger partial charge on any atom is 0.259 e. The Hall–Kier alpha value is -1.86. The molecule has 0 saturated carbocycles. The SMILES string of the molecule is CC[C@@H](Sc1nc2ncccc2o1)C(=O)Nc1ccc(Br)cc1. The first-order chi connectivity index (χ1) is 11.2. The summed E-state index contributed by atoms with van der Waals surface area (Å²) in [4.78, 5) is 20.9. The minimum atomic E-state index is -0.285. The van der Waals surface area contributed by atoms with E-state index in [2.05, 4.69) is 31.2 Å². The van der Waals surface area contributed by atoms with Gasteiger partial charge in [-0.1, -0.05) is 34.6 Å². The van der Waals surface area contributed by atoms with Crippen molar-refractivity contribution < 1.29 is 9.21 Å². The zero-order valence-corrected chi connectivity index (χ0v) is 14.7. The molecule has 1 N–H and O–H groups in total. The van der Waals surface area contributed by atoms with Gasteiger partial charge in [-0.25, -0.2) is 4.98 Å². The largest absolute Gasteiger partial charge is 0.430 e. The molecular formula is C16H14BrN3O2S. The molecular weight excluding hydrogens is 378 g/mol. The van der Waals surface area contributed by atoms with Crippen molar-refractivity contribution in [3.63, 3.8) is 0 Å². The Morgan fingerprint density at radius 2 is 2.13 bits per heavy atom. The van der Waals surface area contributed by atoms with E-state index in [1.165, 1.54) is 11.8 Å². The van der Waals surface area contributed by atoms with Crippen molar-refractivity contribution in [3.8, 4) is 0 Å². The number of rotatable bonds is 5. The van der Waals surface area contributed by atoms with Crippen LogP contribution in [0.4, 0.5) is 5.69 Å². The standard InChI is InChI=1S/C16H14BrN3O2S/c1-2-13(15(21)19-11-7-5-10(17)6-8-11)23-16-20-14-12(22-16)4-3-9-18-14/h3-9,13H,2H2,1H3,(H,19,21)/t13-/m1/s1. The second-order valence-electron chi connectivity index (χ2n) is 4.82. The number of carbonyl (C=O) groups is 1. The Morgan fingerprint density at radius 3 is 2.83 bits per heavy atom. The molecule has 118 valence electrons. The molecule has 0 aliphatic rings. The summed E-state index contributed by atoms with van der Waals surface area (Å²) in [6, 6.07) is 11.1. The fourth-order valence-corrected chi connectivity index (χ4v) is 3.12. The van der Waals surface area contributed by atoms with Crippen LogP contribution < -0.4 is 5.32 Å². The van der Waals surface area contributed by atoms with Crippen molar-refractivity contribution in [1.29, 1.82) is 0 Å². The lowest BCUT2D eigenvalue weighted by Gasteiger charge is -2.12. The summed E-state index contributed by atoms with van der Waals surface area (Å²) < 4.78 is 6.59. The average Bonchev–Trinajstić information content (AvgIpc) is 2.97. The monoisotopic (exact) mass is 391 g/mol. The summed E-state index contributed by atoms with van der Waals surface area (Å²) in [5.74, 6) is -0.0740. The van der Waals surface area contributed by atoms with Crippen LogP contribution in [-0.4, -0.2) is 21.1 Å². The van der Waals surface area contributed by atoms with Gasteiger partial charge in [0.25, 0.3) is 5.22 Å². The minimum Gasteiger partial charge on any atom is -0.430 e. The highest BCUT2D eigenvalue weighted by atomic mass is 79.9. The molecule has 3 rings (SSSR count). The Morgan fingerprint density at radius 1 is 1.35 bits per heavy atom. The van der Waals surface area contributed by atoms with Gasteiger partial charge in [-0.15, -0.1) is 0 Å². The van der Waals surface area contributed by atoms with Crippen molar-refractivity contribution in [2.24, 2.45) is 0 Å². The number of nitrogens with zero attached hydrogens (tertiary/aromatic N) is 2. The maximum absolute atomic E-state index is 12.4. The molecule has 0 spiro atoms. The molecule has 0 aliphatic carbocycles. The molecule has 0 aliphatic heterocycles. The van der Waals surface area contributed by atoms with Crippen LogP contribution in [-0.2, 0) is 4.79 Å². The van der Waals surface area contributed by atoms with E-state index in [4.69, 9.17) is 4.42 Å². The number of pyridine rings is 1. The van der Waals surface area contributed by atoms with E-state index in [-0.39, 0.29) is 11.2 Å². The predicted octanol–water partition coefficient (Wildman–Crippen LogP) is 4.49. The summed E-state index contributed by atoms with van der Waals surface area (Å²) in [5.41, 5.74) is 1.94. The molecule has 0 radical (unpaired) electrons. The molecule has 0 bridgehead atoms. The molecule has 1 aromatic carbocycles. The zero-order valence-electron chi connectivity index (χ0n) is 12.3. The van der Waals surface area contributed by atoms with Gasteiger partial charge >= 0.3 is 0 Å². The van der Waals surface area contributed by atoms with E-state index < -0.39 is 0 Å². The fourth-order valence-electron chi connectivity index (χ4n) is 2.00. The van der Waals surface area contributed by atoms with Gasteiger partial charge in [-0.2, -0.15) is 4.98 Å². The lowest BCUT2D eigenvalue weighted by atomic mass is 10.3. The van der Waals surface area contributed by atoms with Crippen LogP contribution in [0, 0.1) is 0 Å². The van der Waals surface area contributed by atoms with Crippen molar-refractivity contribution in [3.05, 3.63) is 47.1 Å². The smallest absolute Gasteiger partial charge is 0.259 e. The number of nitrogens with one attached hydrogen (secondary N) is 1. The summed E-state index contributed by atoms with van der Waals surface area (Å²) in [7, 11) is 0. The van der Waals surface area contributed by atoms with Crippen LogP contribution in [0.3, 0.4) is 0 Å². The molecule has 0 fully saturated rings. The molecule has 2 heterocycles. The molecule has 3 aromatic rings. The van der Waals surface area contributed by atoms with E-state index >= 15 is 0 Å². The Bertz CT molecular complexity index is 787. The zero-order chi connectivity index (χ0) is 16.2. The van der Waals surface area contributed by atoms with Crippen LogP contribution in [0.15, 0.2) is 56.7 Å². The molecule has 5 nitrogen and oxygen atoms in total. The average molecular weight is 392 g/mol. The van der Waals surface area contributed by atoms with Crippen molar-refractivity contribution in [2.75, 3.05) is 5.32 Å². The number of oxazole rings is 1. The molecule has 0 unspecified atom stereocenters. The fraction of sp³-hybridized carbons (Fsp3) is 0.188. The normalized spacial score (nSPS) is 12.3. The number of aromatic nitrogens is 2. The van der Waals surface area contributed by atoms with Crippen LogP contribution in [0.5, 0.6) is 0 Å². The summed E-state index contributed by atoms with van der Waals surface area (Å²) in [6.07, 6.45) is 2.33. The van der Waals surface area contributed by atoms with E-state index in [1.54, 1.807) is 12.3 Å². The van der Waals surface area contributed by atoms with E-state index in [0.717, 1.165) is 10.2 Å². The minimum absolute atomic E-state index is 0.0740. The second kappa shape index (κ2) is 7.14. The number of amides is 1. The van der Waals surface area contributed by atoms with Crippen molar-refractivity contribution >= 4 is 50.5 Å². The van der Waals surface area contributed by atoms with Crippen LogP contribution >= 0.6 is 27.7 Å². The highest BCUT2D eigenvalue weighted by Gasteiger charge is 2.21. The van der Waals surface area contributed by atoms with Crippen LogP contribution in [0.25, 0.3) is 11.2 Å². The lowest BCUT2D eigenvalue weighted by molar-refractivity contribution is -0.115. The number of thioether (sulfide) groups is 1. The number of fused-ring (bicyclic) bond motifs is 1. The van der Waals surface area contributed by atoms with Gasteiger partial charge in [0.2, 0.25) is 5.91 Å². The molecule has 0 saturated heterocycles. The molecule has 1 amide bonds. The Labute approximate surface area is 146 Å². The number of hydrogen-bond donors (Lipinski definition) is 1. The van der Waals surface area contributed by atoms with Gasteiger partial charge < -0.3 is 9.73 Å². The first-order valence-corrected chi connectivity index (χ1v) is 8.77. The summed E-state index contributed by atoms with van der Waals surface area (Å²) in [6.45, 7) is 1.96. The maximum atomic E-state index is 12.4. The van der Waals surface area contributed by atoms with Gasteiger partial charge in [-0.3, -0.25) is 4.79 Å². The van der Waals surface area contributed by atoms with Gasteiger partial charge in [0.1, 0.15) is 0 Å². The van der Waals surface area contributed by atoms with Gasteiger partial charge in [-0.05, 0) is 42.8 Å². The Balaban J connectivity index is 1.71. The highest BCUT2D eigenvalue weighted by molar-refractivity contribution is 9.10. The van der Waals surface area contributed by atoms with E-state index in [9.17, 15) is 4.79 Å². The van der Waals surface area contributed by atoms with Gasteiger partial charge in [0.15, 0.2) is 11.2 Å². The number of benzene rings is 1. The number of hydrogen-bond acceptors (Lipinski definition) is 5. The molecule has 2 aromatic heterocycles. The predicted molar refractivity (Wildman–Crippen MR) is 94.5 cm³/mol. The van der Waals surface area contributed by atoms with Crippen LogP contribution in [0.2, 0.25) is 0 Å². The van der Waals surface area contributed by atoms with E-state index in [1.807, 2.05) is 37.3 Å². The third kappa shape index (κ3) is 3.92. The second-order valence-corrected chi connectivity index (χ2v) is 6.89. The summed E-state index contributed by atoms with van der Waals surface area (Å²) in [5, 5.41) is 3.08. The van der Waals surface area contributed by atoms with Gasteiger partial charge in [0.05, 0.1) is 5.25 Å². The first kappa shape index (κ1) is 16.0. The first-order valence-electron chi connectivity index (χ1n) is 7.10. The molecule has 23 heavy (non-hydrogen) atoms. The van der Waals surface area contributed by atoms with Crippen molar-refractivity contribution in [1.82, 2.24) is 9.97 Å². The number of carbonyl (C=O) groups excluding carboxylic acids is 1. The quantitative estimate of drug-likeness (QED) is 0.648. The third-order valence-electron chi connectivity index (χ3n) is 3.16. The topological polar surface area (TPSA) is 68.0 Å². The number of halogens is 1. The molecule has 1 atom stereocenters. The Kier molecular flexibility index (Phi) is 4.97. The van der Waals surface area contributed by atoms with Crippen LogP contribution in [0.1, 0.15) is 13.3 Å². The third-order valence-corrected chi connectivity index (χ3v) is 4.90. The molecule has 7 heteroatoms. The van der Waals surface area contributed by atoms with Gasteiger partial charge in [0, 0.05) is 16.4 Å². The summed E-state index contributed by atoms with van der Waals surface area (Å²) >= 11 is 4.68. The number of anilines is 1. The van der Waals surface area contributed by atoms with E-state index in [0.29, 0.717) is 22.9 Å². The highest BCUT2D eigenvalue weighted by Crippen LogP contribution is 2.28. The van der Waals surface area contributed by atoms with Crippen molar-refractivity contribution in [2.45, 2.75) is 23.8 Å². The lowest BCUT2D eigenvalue weighted by Crippen LogP contribution is -2.24.